The van der Waals surface area contributed by atoms with Crippen LogP contribution in [0.3, 0.4) is 0 Å². The lowest BCUT2D eigenvalue weighted by molar-refractivity contribution is -0.00401. The zero-order valence-corrected chi connectivity index (χ0v) is 59.8. The summed E-state index contributed by atoms with van der Waals surface area (Å²) >= 11 is 0. The second-order valence-corrected chi connectivity index (χ2v) is 42.6. The highest BCUT2D eigenvalue weighted by Crippen LogP contribution is 2.50. The van der Waals surface area contributed by atoms with Crippen LogP contribution in [0.5, 0.6) is 0 Å². The van der Waals surface area contributed by atoms with E-state index in [1.807, 2.05) is 267 Å². The molecular formula is C69H80O12Si8. The zero-order chi connectivity index (χ0) is 64.3. The fourth-order valence-electron chi connectivity index (χ4n) is 9.07. The molecule has 7 aromatic rings. The van der Waals surface area contributed by atoms with E-state index >= 15 is 0 Å². The molecule has 0 unspecified atom stereocenters. The van der Waals surface area contributed by atoms with Crippen LogP contribution < -0.4 is 36.3 Å². The van der Waals surface area contributed by atoms with Gasteiger partial charge in [0.15, 0.2) is 0 Å². The first-order valence-electron chi connectivity index (χ1n) is 28.9. The van der Waals surface area contributed by atoms with E-state index in [1.165, 1.54) is 0 Å². The third-order valence-electron chi connectivity index (χ3n) is 12.1. The van der Waals surface area contributed by atoms with E-state index in [0.29, 0.717) is 41.5 Å². The van der Waals surface area contributed by atoms with Gasteiger partial charge in [0.2, 0.25) is 0 Å². The normalized spacial score (nSPS) is 27.2. The van der Waals surface area contributed by atoms with E-state index in [0.717, 1.165) is 0 Å². The third-order valence-corrected chi connectivity index (χ3v) is 46.2. The molecular weight excluding hydrogens is 1250 g/mol. The minimum absolute atomic E-state index is 0.484. The number of allylic oxidation sites excluding steroid dienone is 11. The van der Waals surface area contributed by atoms with Crippen LogP contribution in [0.2, 0.25) is 0 Å². The molecule has 0 atom stereocenters. The zero-order valence-electron chi connectivity index (χ0n) is 51.8. The molecule has 7 aromatic carbocycles. The van der Waals surface area contributed by atoms with Crippen LogP contribution in [-0.4, -0.2) is 70.4 Å². The lowest BCUT2D eigenvalue weighted by atomic mass is 10.4. The first-order chi connectivity index (χ1) is 43.2. The maximum atomic E-state index is 8.09. The first kappa shape index (κ1) is 71.1. The molecule has 1 aliphatic carbocycles. The maximum Gasteiger partial charge on any atom is 0.516 e. The Morgan fingerprint density at radius 1 is 0.236 bits per heavy atom. The molecule has 6 saturated heterocycles. The van der Waals surface area contributed by atoms with Gasteiger partial charge in [0.05, 0.1) is 0 Å². The molecule has 12 nitrogen and oxygen atoms in total. The third kappa shape index (κ3) is 16.1. The molecule has 0 spiro atoms. The Balaban J connectivity index is 0.000000533. The summed E-state index contributed by atoms with van der Waals surface area (Å²) in [7, 11) is -38.0. The Hall–Kier alpha value is -6.98. The van der Waals surface area contributed by atoms with Gasteiger partial charge in [-0.1, -0.05) is 266 Å². The summed E-state index contributed by atoms with van der Waals surface area (Å²) in [5.74, 6) is 0. The Bertz CT molecular complexity index is 3190. The topological polar surface area (TPSA) is 111 Å². The highest BCUT2D eigenvalue weighted by molar-refractivity contribution is 7.14. The van der Waals surface area contributed by atoms with Crippen LogP contribution in [0, 0.1) is 0 Å². The van der Waals surface area contributed by atoms with Crippen molar-refractivity contribution in [3.05, 3.63) is 336 Å². The Labute approximate surface area is 536 Å². The largest absolute Gasteiger partial charge is 0.516 e. The van der Waals surface area contributed by atoms with E-state index in [-0.39, 0.29) is 0 Å². The van der Waals surface area contributed by atoms with Gasteiger partial charge in [-0.2, -0.15) is 0 Å². The van der Waals surface area contributed by atoms with Crippen molar-refractivity contribution >= 4 is 107 Å². The molecule has 0 N–H and O–H groups in total. The molecule has 0 radical (unpaired) electrons. The van der Waals surface area contributed by atoms with Crippen LogP contribution in [-0.2, 0) is 49.4 Å². The summed E-state index contributed by atoms with van der Waals surface area (Å²) < 4.78 is 97.0. The number of hydrogen-bond acceptors (Lipinski definition) is 12. The van der Waals surface area contributed by atoms with Crippen molar-refractivity contribution in [1.29, 1.82) is 0 Å². The molecule has 89 heavy (non-hydrogen) atoms. The van der Waals surface area contributed by atoms with Gasteiger partial charge in [0, 0.05) is 41.5 Å². The van der Waals surface area contributed by atoms with Crippen molar-refractivity contribution in [1.82, 2.24) is 0 Å². The van der Waals surface area contributed by atoms with Crippen molar-refractivity contribution in [2.75, 3.05) is 0 Å². The molecule has 460 valence electrons. The van der Waals surface area contributed by atoms with Crippen LogP contribution in [0.1, 0.15) is 48.5 Å². The van der Waals surface area contributed by atoms with Crippen LogP contribution in [0.25, 0.3) is 0 Å². The standard InChI is InChI=1S/C48H38O12Si8.7C3H6/c1-9-25-41(26-10-1)61-49-62(42-27-11-2-12-28-42)52-65(45-33-17-5-18-34-45)54-63(50-61,43-29-13-3-14-30-43)56-67(47-37-21-7-22-38-47)57-64(51-61,44-31-15-4-16-32-44)55-66(53-62,46-35-19-6-20-36-46)59-68(58-65,60-67)48-39-23-8-24-40-48;7*1-3-2/h1-7,9-23,25-40H;7*3H,1H2,2H3. The molecule has 0 saturated carbocycles. The van der Waals surface area contributed by atoms with E-state index in [9.17, 15) is 0 Å². The van der Waals surface area contributed by atoms with Gasteiger partial charge in [-0.25, -0.2) is 0 Å². The summed E-state index contributed by atoms with van der Waals surface area (Å²) in [5.41, 5.74) is 6.22. The second kappa shape index (κ2) is 33.7. The van der Waals surface area contributed by atoms with Crippen molar-refractivity contribution in [2.45, 2.75) is 48.5 Å². The fraction of sp³-hybridized carbons (Fsp3) is 0.101. The number of rotatable bonds is 8. The lowest BCUT2D eigenvalue weighted by Crippen LogP contribution is -2.95. The quantitative estimate of drug-likeness (QED) is 0.0821. The van der Waals surface area contributed by atoms with Crippen LogP contribution >= 0.6 is 0 Å². The van der Waals surface area contributed by atoms with Crippen LogP contribution in [0.4, 0.5) is 0 Å². The van der Waals surface area contributed by atoms with Crippen molar-refractivity contribution in [3.8, 4) is 0 Å². The molecule has 6 fully saturated rings. The molecule has 14 rings (SSSR count). The number of benzene rings is 7. The van der Waals surface area contributed by atoms with Gasteiger partial charge in [0.25, 0.3) is 0 Å². The monoisotopic (exact) mass is 1320 g/mol. The predicted molar refractivity (Wildman–Crippen MR) is 377 cm³/mol. The van der Waals surface area contributed by atoms with E-state index < -0.39 is 70.4 Å². The van der Waals surface area contributed by atoms with Gasteiger partial charge in [-0.05, 0) is 66.7 Å². The highest BCUT2D eigenvalue weighted by atomic mass is 28.6. The van der Waals surface area contributed by atoms with Gasteiger partial charge in [-0.15, -0.1) is 46.1 Å². The highest BCUT2D eigenvalue weighted by Gasteiger charge is 2.86. The molecule has 6 aliphatic heterocycles. The van der Waals surface area contributed by atoms with E-state index in [2.05, 4.69) is 57.5 Å². The summed E-state index contributed by atoms with van der Waals surface area (Å²) in [6.07, 6.45) is 17.6. The van der Waals surface area contributed by atoms with E-state index in [4.69, 9.17) is 49.4 Å². The molecule has 0 amide bonds. The summed E-state index contributed by atoms with van der Waals surface area (Å²) in [6, 6.07) is 67.0. The molecule has 20 heteroatoms. The molecule has 0 aromatic heterocycles. The molecule has 7 aliphatic rings. The van der Waals surface area contributed by atoms with Crippen molar-refractivity contribution in [3.63, 3.8) is 0 Å². The average Bonchev–Trinajstić information content (AvgIpc) is 0.709. The van der Waals surface area contributed by atoms with E-state index in [1.54, 1.807) is 54.7 Å². The predicted octanol–water partition coefficient (Wildman–Crippen LogP) is 11.8. The summed E-state index contributed by atoms with van der Waals surface area (Å²) in [5, 5.41) is 4.38. The lowest BCUT2D eigenvalue weighted by Gasteiger charge is -2.62. The second-order valence-electron chi connectivity index (χ2n) is 19.3. The average molecular weight is 1330 g/mol. The minimum atomic E-state index is -4.78. The Kier molecular flexibility index (Phi) is 26.9. The minimum Gasteiger partial charge on any atom is -0.366 e. The molecule has 8 bridgehead atoms. The van der Waals surface area contributed by atoms with Gasteiger partial charge < -0.3 is 49.4 Å². The van der Waals surface area contributed by atoms with Crippen LogP contribution in [0.15, 0.2) is 336 Å². The smallest absolute Gasteiger partial charge is 0.366 e. The fourth-order valence-corrected chi connectivity index (χ4v) is 55.1. The SMILES string of the molecule is C1=C=CC([Si]23O[Si]4(c5ccccc5)O[Si]5(c6ccccc6)O[Si](c6ccccc6)(O2)O[Si]2(c6ccccc6)O[Si](c6ccccc6)(O3)O[Si](c3ccccc3)(O4)O[Si](c3ccccc3)(O5)O2)=CC=1.C=CC.C=CC.C=CC.C=CC.C=CC.C=CC.C=CC. The van der Waals surface area contributed by atoms with Gasteiger partial charge in [-0.3, -0.25) is 0 Å². The van der Waals surface area contributed by atoms with Gasteiger partial charge >= 0.3 is 70.4 Å². The summed E-state index contributed by atoms with van der Waals surface area (Å²) in [6.45, 7) is 36.8. The first-order valence-corrected chi connectivity index (χ1v) is 42.7. The Morgan fingerprint density at radius 2 is 0.382 bits per heavy atom. The number of hydrogen-bond donors (Lipinski definition) is 0. The maximum absolute atomic E-state index is 8.09. The van der Waals surface area contributed by atoms with Gasteiger partial charge in [0.1, 0.15) is 0 Å². The van der Waals surface area contributed by atoms with Crippen molar-refractivity contribution < 1.29 is 49.4 Å². The Morgan fingerprint density at radius 3 is 0.517 bits per heavy atom. The molecule has 6 heterocycles. The summed E-state index contributed by atoms with van der Waals surface area (Å²) in [4.78, 5) is 0. The van der Waals surface area contributed by atoms with Crippen molar-refractivity contribution in [2.24, 2.45) is 0 Å².